The van der Waals surface area contributed by atoms with Crippen LogP contribution in [0, 0.1) is 0 Å². The molecule has 0 bridgehead atoms. The second kappa shape index (κ2) is 11.6. The van der Waals surface area contributed by atoms with E-state index in [4.69, 9.17) is 9.47 Å². The maximum Gasteiger partial charge on any atom is 0.0911 e. The molecule has 0 spiro atoms. The molecule has 1 heterocycles. The second-order valence-corrected chi connectivity index (χ2v) is 5.10. The summed E-state index contributed by atoms with van der Waals surface area (Å²) in [6.45, 7) is 7.23. The second-order valence-electron chi connectivity index (χ2n) is 5.10. The van der Waals surface area contributed by atoms with Crippen LogP contribution in [0.25, 0.3) is 0 Å². The number of rotatable bonds is 11. The molecule has 0 aromatic heterocycles. The van der Waals surface area contributed by atoms with Gasteiger partial charge in [-0.1, -0.05) is 19.8 Å². The number of hydrogen-bond donors (Lipinski definition) is 2. The van der Waals surface area contributed by atoms with Gasteiger partial charge in [0.15, 0.2) is 0 Å². The predicted molar refractivity (Wildman–Crippen MR) is 76.0 cm³/mol. The zero-order valence-electron chi connectivity index (χ0n) is 12.3. The van der Waals surface area contributed by atoms with Gasteiger partial charge in [-0.25, -0.2) is 5.01 Å². The third-order valence-electron chi connectivity index (χ3n) is 3.23. The largest absolute Gasteiger partial charge is 0.389 e. The Labute approximate surface area is 117 Å². The van der Waals surface area contributed by atoms with Crippen molar-refractivity contribution in [3.8, 4) is 0 Å². The average molecular weight is 274 g/mol. The highest BCUT2D eigenvalue weighted by Gasteiger charge is 2.11. The lowest BCUT2D eigenvalue weighted by molar-refractivity contribution is -0.00405. The number of piperidine rings is 1. The Morgan fingerprint density at radius 3 is 2.58 bits per heavy atom. The van der Waals surface area contributed by atoms with Gasteiger partial charge in [-0.2, -0.15) is 0 Å². The molecule has 1 atom stereocenters. The van der Waals surface area contributed by atoms with Gasteiger partial charge in [0.25, 0.3) is 0 Å². The molecule has 114 valence electrons. The Bertz CT molecular complexity index is 199. The molecule has 1 aliphatic rings. The third kappa shape index (κ3) is 9.35. The van der Waals surface area contributed by atoms with Gasteiger partial charge in [0.1, 0.15) is 0 Å². The van der Waals surface area contributed by atoms with Crippen LogP contribution >= 0.6 is 0 Å². The van der Waals surface area contributed by atoms with Gasteiger partial charge in [0.2, 0.25) is 0 Å². The number of aliphatic hydroxyl groups excluding tert-OH is 1. The maximum atomic E-state index is 9.77. The molecule has 0 aliphatic carbocycles. The fourth-order valence-corrected chi connectivity index (χ4v) is 2.03. The van der Waals surface area contributed by atoms with Crippen molar-refractivity contribution in [2.45, 2.75) is 45.1 Å². The summed E-state index contributed by atoms with van der Waals surface area (Å²) in [6.07, 6.45) is 5.62. The minimum absolute atomic E-state index is 0.373. The van der Waals surface area contributed by atoms with Crippen LogP contribution < -0.4 is 5.43 Å². The number of hydrogen-bond acceptors (Lipinski definition) is 5. The molecule has 0 aromatic carbocycles. The molecule has 1 fully saturated rings. The summed E-state index contributed by atoms with van der Waals surface area (Å²) < 4.78 is 10.8. The number of unbranched alkanes of at least 4 members (excludes halogenated alkanes) is 1. The summed E-state index contributed by atoms with van der Waals surface area (Å²) in [7, 11) is 0. The number of ether oxygens (including phenoxy) is 2. The molecule has 19 heavy (non-hydrogen) atoms. The molecule has 0 amide bonds. The smallest absolute Gasteiger partial charge is 0.0911 e. The van der Waals surface area contributed by atoms with Crippen molar-refractivity contribution in [2.75, 3.05) is 46.1 Å². The van der Waals surface area contributed by atoms with Crippen LogP contribution in [-0.2, 0) is 9.47 Å². The van der Waals surface area contributed by atoms with E-state index in [2.05, 4.69) is 17.4 Å². The highest BCUT2D eigenvalue weighted by atomic mass is 16.5. The van der Waals surface area contributed by atoms with E-state index in [1.54, 1.807) is 0 Å². The van der Waals surface area contributed by atoms with E-state index in [1.807, 2.05) is 0 Å². The molecule has 1 saturated heterocycles. The highest BCUT2D eigenvalue weighted by molar-refractivity contribution is 4.63. The van der Waals surface area contributed by atoms with Crippen LogP contribution in [0.15, 0.2) is 0 Å². The van der Waals surface area contributed by atoms with Crippen LogP contribution in [-0.4, -0.2) is 62.3 Å². The molecular weight excluding hydrogens is 244 g/mol. The van der Waals surface area contributed by atoms with Crippen molar-refractivity contribution in [1.82, 2.24) is 10.4 Å². The van der Waals surface area contributed by atoms with E-state index in [0.29, 0.717) is 26.4 Å². The van der Waals surface area contributed by atoms with Gasteiger partial charge in [-0.3, -0.25) is 5.43 Å². The van der Waals surface area contributed by atoms with Crippen molar-refractivity contribution in [3.63, 3.8) is 0 Å². The maximum absolute atomic E-state index is 9.77. The number of nitrogens with one attached hydrogen (secondary N) is 1. The summed E-state index contributed by atoms with van der Waals surface area (Å²) in [5.74, 6) is 0. The number of hydrazine groups is 1. The Hall–Kier alpha value is -0.200. The standard InChI is InChI=1S/C14H30N2O3/c1-2-3-9-18-10-11-19-13-14(17)12-15-16-7-5-4-6-8-16/h14-15,17H,2-13H2,1H3. The van der Waals surface area contributed by atoms with Crippen molar-refractivity contribution in [3.05, 3.63) is 0 Å². The topological polar surface area (TPSA) is 54.0 Å². The molecule has 5 nitrogen and oxygen atoms in total. The van der Waals surface area contributed by atoms with Crippen LogP contribution in [0.3, 0.4) is 0 Å². The Morgan fingerprint density at radius 1 is 1.11 bits per heavy atom. The van der Waals surface area contributed by atoms with Gasteiger partial charge in [-0.05, 0) is 19.3 Å². The quantitative estimate of drug-likeness (QED) is 0.554. The Morgan fingerprint density at radius 2 is 1.84 bits per heavy atom. The van der Waals surface area contributed by atoms with E-state index in [-0.39, 0.29) is 0 Å². The molecule has 0 aromatic rings. The minimum Gasteiger partial charge on any atom is -0.389 e. The lowest BCUT2D eigenvalue weighted by Crippen LogP contribution is -2.45. The summed E-state index contributed by atoms with van der Waals surface area (Å²) in [5, 5.41) is 12.0. The Kier molecular flexibility index (Phi) is 10.3. The van der Waals surface area contributed by atoms with Crippen molar-refractivity contribution in [2.24, 2.45) is 0 Å². The number of nitrogens with zero attached hydrogens (tertiary/aromatic N) is 1. The molecule has 5 heteroatoms. The molecule has 1 rings (SSSR count). The van der Waals surface area contributed by atoms with E-state index < -0.39 is 6.10 Å². The molecule has 1 aliphatic heterocycles. The molecule has 0 radical (unpaired) electrons. The average Bonchev–Trinajstić information content (AvgIpc) is 2.45. The first-order chi connectivity index (χ1) is 9.33. The van der Waals surface area contributed by atoms with Gasteiger partial charge in [0.05, 0.1) is 25.9 Å². The van der Waals surface area contributed by atoms with Gasteiger partial charge in [0, 0.05) is 26.2 Å². The van der Waals surface area contributed by atoms with Crippen molar-refractivity contribution < 1.29 is 14.6 Å². The van der Waals surface area contributed by atoms with Crippen LogP contribution in [0.1, 0.15) is 39.0 Å². The first-order valence-corrected chi connectivity index (χ1v) is 7.65. The van der Waals surface area contributed by atoms with E-state index in [9.17, 15) is 5.11 Å². The van der Waals surface area contributed by atoms with Crippen molar-refractivity contribution >= 4 is 0 Å². The third-order valence-corrected chi connectivity index (χ3v) is 3.23. The van der Waals surface area contributed by atoms with Crippen LogP contribution in [0.5, 0.6) is 0 Å². The monoisotopic (exact) mass is 274 g/mol. The summed E-state index contributed by atoms with van der Waals surface area (Å²) in [6, 6.07) is 0. The zero-order valence-corrected chi connectivity index (χ0v) is 12.3. The van der Waals surface area contributed by atoms with Gasteiger partial charge < -0.3 is 14.6 Å². The summed E-state index contributed by atoms with van der Waals surface area (Å²) in [4.78, 5) is 0. The van der Waals surface area contributed by atoms with Crippen LogP contribution in [0.2, 0.25) is 0 Å². The van der Waals surface area contributed by atoms with Crippen molar-refractivity contribution in [1.29, 1.82) is 0 Å². The van der Waals surface area contributed by atoms with E-state index >= 15 is 0 Å². The van der Waals surface area contributed by atoms with E-state index in [1.165, 1.54) is 19.3 Å². The van der Waals surface area contributed by atoms with Gasteiger partial charge in [-0.15, -0.1) is 0 Å². The first-order valence-electron chi connectivity index (χ1n) is 7.65. The first kappa shape index (κ1) is 16.9. The summed E-state index contributed by atoms with van der Waals surface area (Å²) in [5.41, 5.74) is 3.26. The van der Waals surface area contributed by atoms with E-state index in [0.717, 1.165) is 32.5 Å². The fourth-order valence-electron chi connectivity index (χ4n) is 2.03. The molecule has 2 N–H and O–H groups in total. The normalized spacial score (nSPS) is 18.6. The van der Waals surface area contributed by atoms with Crippen LogP contribution in [0.4, 0.5) is 0 Å². The highest BCUT2D eigenvalue weighted by Crippen LogP contribution is 2.05. The SMILES string of the molecule is CCCCOCCOCC(O)CNN1CCCCC1. The fraction of sp³-hybridized carbons (Fsp3) is 1.00. The zero-order chi connectivity index (χ0) is 13.8. The lowest BCUT2D eigenvalue weighted by Gasteiger charge is -2.28. The molecular formula is C14H30N2O3. The Balaban J connectivity index is 1.85. The molecule has 0 saturated carbocycles. The number of aliphatic hydroxyl groups is 1. The summed E-state index contributed by atoms with van der Waals surface area (Å²) >= 11 is 0. The minimum atomic E-state index is -0.447. The predicted octanol–water partition coefficient (Wildman–Crippen LogP) is 1.17. The lowest BCUT2D eigenvalue weighted by atomic mass is 10.2. The molecule has 1 unspecified atom stereocenters. The van der Waals surface area contributed by atoms with Gasteiger partial charge >= 0.3 is 0 Å².